The molecule has 0 bridgehead atoms. The van der Waals surface area contributed by atoms with Gasteiger partial charge in [-0.05, 0) is 65.5 Å². The number of carbonyl (C=O) groups excluding carboxylic acids is 2. The summed E-state index contributed by atoms with van der Waals surface area (Å²) in [7, 11) is 0. The zero-order valence-electron chi connectivity index (χ0n) is 17.2. The van der Waals surface area contributed by atoms with E-state index in [0.29, 0.717) is 32.6 Å². The lowest BCUT2D eigenvalue weighted by Crippen LogP contribution is -2.54. The van der Waals surface area contributed by atoms with Gasteiger partial charge in [0.2, 0.25) is 11.8 Å². The Morgan fingerprint density at radius 1 is 1.07 bits per heavy atom. The Morgan fingerprint density at radius 3 is 2.41 bits per heavy atom. The predicted octanol–water partition coefficient (Wildman–Crippen LogP) is 3.78. The standard InChI is InChI=1S/C23H28BrN3O2/c1-16-8-9-21(20(24)14-16)25-23(29)18(3)26-10-12-27(13-11-26)22(28)15-19-7-5-4-6-17(19)2/h4-9,14,18H,10-13,15H2,1-3H3,(H,25,29). The van der Waals surface area contributed by atoms with Crippen molar-refractivity contribution in [2.24, 2.45) is 0 Å². The first-order valence-electron chi connectivity index (χ1n) is 9.98. The summed E-state index contributed by atoms with van der Waals surface area (Å²) < 4.78 is 0.879. The van der Waals surface area contributed by atoms with Gasteiger partial charge in [-0.15, -0.1) is 0 Å². The minimum atomic E-state index is -0.253. The van der Waals surface area contributed by atoms with Gasteiger partial charge in [0.25, 0.3) is 0 Å². The number of amides is 2. The van der Waals surface area contributed by atoms with Crippen molar-refractivity contribution < 1.29 is 9.59 Å². The molecule has 6 heteroatoms. The van der Waals surface area contributed by atoms with Crippen molar-refractivity contribution in [3.05, 3.63) is 63.6 Å². The third kappa shape index (κ3) is 5.46. The first-order valence-corrected chi connectivity index (χ1v) is 10.8. The molecule has 1 unspecified atom stereocenters. The lowest BCUT2D eigenvalue weighted by Gasteiger charge is -2.37. The molecule has 0 saturated carbocycles. The van der Waals surface area contributed by atoms with Crippen LogP contribution in [0.15, 0.2) is 46.9 Å². The molecule has 1 saturated heterocycles. The summed E-state index contributed by atoms with van der Waals surface area (Å²) in [5, 5.41) is 3.00. The second-order valence-electron chi connectivity index (χ2n) is 7.67. The molecule has 2 aromatic rings. The summed E-state index contributed by atoms with van der Waals surface area (Å²) >= 11 is 3.50. The van der Waals surface area contributed by atoms with Crippen LogP contribution in [0.3, 0.4) is 0 Å². The molecule has 0 spiro atoms. The number of nitrogens with zero attached hydrogens (tertiary/aromatic N) is 2. The van der Waals surface area contributed by atoms with Crippen LogP contribution in [-0.4, -0.2) is 53.8 Å². The highest BCUT2D eigenvalue weighted by Gasteiger charge is 2.27. The highest BCUT2D eigenvalue weighted by atomic mass is 79.9. The van der Waals surface area contributed by atoms with E-state index in [0.717, 1.165) is 26.9 Å². The molecule has 3 rings (SSSR count). The van der Waals surface area contributed by atoms with Crippen molar-refractivity contribution in [2.75, 3.05) is 31.5 Å². The summed E-state index contributed by atoms with van der Waals surface area (Å²) in [5.41, 5.74) is 4.14. The molecule has 1 aliphatic heterocycles. The molecular weight excluding hydrogens is 430 g/mol. The van der Waals surface area contributed by atoms with Crippen LogP contribution in [0.1, 0.15) is 23.6 Å². The van der Waals surface area contributed by atoms with E-state index in [1.54, 1.807) is 0 Å². The van der Waals surface area contributed by atoms with Crippen molar-refractivity contribution in [2.45, 2.75) is 33.2 Å². The van der Waals surface area contributed by atoms with Gasteiger partial charge in [0.15, 0.2) is 0 Å². The number of hydrogen-bond acceptors (Lipinski definition) is 3. The zero-order valence-corrected chi connectivity index (χ0v) is 18.8. The van der Waals surface area contributed by atoms with Crippen molar-refractivity contribution in [1.82, 2.24) is 9.80 Å². The van der Waals surface area contributed by atoms with E-state index < -0.39 is 0 Å². The summed E-state index contributed by atoms with van der Waals surface area (Å²) in [6, 6.07) is 13.6. The monoisotopic (exact) mass is 457 g/mol. The molecule has 1 fully saturated rings. The molecule has 1 heterocycles. The first kappa shape index (κ1) is 21.5. The van der Waals surface area contributed by atoms with Crippen LogP contribution >= 0.6 is 15.9 Å². The Bertz CT molecular complexity index is 891. The van der Waals surface area contributed by atoms with E-state index in [2.05, 4.69) is 26.1 Å². The van der Waals surface area contributed by atoms with E-state index in [1.807, 2.05) is 68.1 Å². The van der Waals surface area contributed by atoms with Gasteiger partial charge in [0.05, 0.1) is 18.2 Å². The molecule has 2 amide bonds. The third-order valence-corrected chi connectivity index (χ3v) is 6.24. The number of carbonyl (C=O) groups is 2. The summed E-state index contributed by atoms with van der Waals surface area (Å²) in [6.07, 6.45) is 0.435. The molecule has 29 heavy (non-hydrogen) atoms. The lowest BCUT2D eigenvalue weighted by molar-refractivity contribution is -0.133. The van der Waals surface area contributed by atoms with Gasteiger partial charge in [0.1, 0.15) is 0 Å². The van der Waals surface area contributed by atoms with Gasteiger partial charge in [-0.25, -0.2) is 0 Å². The van der Waals surface area contributed by atoms with Crippen molar-refractivity contribution in [1.29, 1.82) is 0 Å². The molecule has 1 N–H and O–H groups in total. The Hall–Kier alpha value is -2.18. The fourth-order valence-electron chi connectivity index (χ4n) is 3.57. The highest BCUT2D eigenvalue weighted by molar-refractivity contribution is 9.10. The van der Waals surface area contributed by atoms with Crippen molar-refractivity contribution in [3.63, 3.8) is 0 Å². The molecule has 1 atom stereocenters. The van der Waals surface area contributed by atoms with E-state index in [4.69, 9.17) is 0 Å². The first-order chi connectivity index (χ1) is 13.8. The zero-order chi connectivity index (χ0) is 21.0. The Kier molecular flexibility index (Phi) is 7.09. The SMILES string of the molecule is Cc1ccc(NC(=O)C(C)N2CCN(C(=O)Cc3ccccc3C)CC2)c(Br)c1. The van der Waals surface area contributed by atoms with Crippen LogP contribution < -0.4 is 5.32 Å². The molecule has 2 aromatic carbocycles. The Morgan fingerprint density at radius 2 is 1.76 bits per heavy atom. The number of halogens is 1. The van der Waals surface area contributed by atoms with Crippen LogP contribution in [0.2, 0.25) is 0 Å². The largest absolute Gasteiger partial charge is 0.340 e. The second-order valence-corrected chi connectivity index (χ2v) is 8.52. The number of anilines is 1. The van der Waals surface area contributed by atoms with Crippen LogP contribution in [0.5, 0.6) is 0 Å². The van der Waals surface area contributed by atoms with Crippen LogP contribution in [0.4, 0.5) is 5.69 Å². The number of hydrogen-bond donors (Lipinski definition) is 1. The summed E-state index contributed by atoms with van der Waals surface area (Å²) in [6.45, 7) is 8.66. The average molecular weight is 458 g/mol. The van der Waals surface area contributed by atoms with E-state index in [1.165, 1.54) is 0 Å². The topological polar surface area (TPSA) is 52.7 Å². The van der Waals surface area contributed by atoms with Crippen LogP contribution in [-0.2, 0) is 16.0 Å². The quantitative estimate of drug-likeness (QED) is 0.742. The van der Waals surface area contributed by atoms with Crippen molar-refractivity contribution in [3.8, 4) is 0 Å². The maximum absolute atomic E-state index is 12.7. The van der Waals surface area contributed by atoms with Gasteiger partial charge in [-0.2, -0.15) is 0 Å². The number of nitrogens with one attached hydrogen (secondary N) is 1. The number of rotatable bonds is 5. The summed E-state index contributed by atoms with van der Waals surface area (Å²) in [5.74, 6) is 0.119. The third-order valence-electron chi connectivity index (χ3n) is 5.58. The van der Waals surface area contributed by atoms with Gasteiger partial charge in [-0.3, -0.25) is 14.5 Å². The van der Waals surface area contributed by atoms with E-state index in [-0.39, 0.29) is 17.9 Å². The minimum Gasteiger partial charge on any atom is -0.340 e. The average Bonchev–Trinajstić information content (AvgIpc) is 2.71. The number of piperazine rings is 1. The minimum absolute atomic E-state index is 0.0331. The second kappa shape index (κ2) is 9.55. The molecule has 0 aliphatic carbocycles. The molecule has 1 aliphatic rings. The predicted molar refractivity (Wildman–Crippen MR) is 120 cm³/mol. The maximum atomic E-state index is 12.7. The molecule has 0 radical (unpaired) electrons. The van der Waals surface area contributed by atoms with Gasteiger partial charge in [0, 0.05) is 30.7 Å². The van der Waals surface area contributed by atoms with Gasteiger partial charge < -0.3 is 10.2 Å². The fourth-order valence-corrected chi connectivity index (χ4v) is 4.16. The van der Waals surface area contributed by atoms with Crippen LogP contribution in [0, 0.1) is 13.8 Å². The maximum Gasteiger partial charge on any atom is 0.241 e. The van der Waals surface area contributed by atoms with Crippen molar-refractivity contribution >= 4 is 33.4 Å². The van der Waals surface area contributed by atoms with E-state index in [9.17, 15) is 9.59 Å². The molecule has 154 valence electrons. The normalized spacial score (nSPS) is 15.8. The van der Waals surface area contributed by atoms with Gasteiger partial charge in [-0.1, -0.05) is 30.3 Å². The smallest absolute Gasteiger partial charge is 0.241 e. The summed E-state index contributed by atoms with van der Waals surface area (Å²) in [4.78, 5) is 29.4. The number of benzene rings is 2. The number of aryl methyl sites for hydroxylation is 2. The van der Waals surface area contributed by atoms with E-state index >= 15 is 0 Å². The van der Waals surface area contributed by atoms with Crippen LogP contribution in [0.25, 0.3) is 0 Å². The highest BCUT2D eigenvalue weighted by Crippen LogP contribution is 2.24. The molecular formula is C23H28BrN3O2. The van der Waals surface area contributed by atoms with Gasteiger partial charge >= 0.3 is 0 Å². The lowest BCUT2D eigenvalue weighted by atomic mass is 10.0. The molecule has 0 aromatic heterocycles. The Labute approximate surface area is 181 Å². The molecule has 5 nitrogen and oxygen atoms in total. The Balaban J connectivity index is 1.52. The fraction of sp³-hybridized carbons (Fsp3) is 0.391.